The predicted molar refractivity (Wildman–Crippen MR) is 124 cm³/mol. The van der Waals surface area contributed by atoms with E-state index in [9.17, 15) is 9.59 Å². The molecule has 0 spiro atoms. The Labute approximate surface area is 194 Å². The van der Waals surface area contributed by atoms with Crippen molar-refractivity contribution in [3.63, 3.8) is 0 Å². The summed E-state index contributed by atoms with van der Waals surface area (Å²) in [6, 6.07) is 11.6. The van der Waals surface area contributed by atoms with E-state index < -0.39 is 6.04 Å². The van der Waals surface area contributed by atoms with Gasteiger partial charge in [-0.25, -0.2) is 0 Å². The predicted octanol–water partition coefficient (Wildman–Crippen LogP) is 4.07. The first-order valence-electron chi connectivity index (χ1n) is 10.5. The summed E-state index contributed by atoms with van der Waals surface area (Å²) in [5, 5.41) is 3.50. The quantitative estimate of drug-likeness (QED) is 0.544. The second-order valence-corrected chi connectivity index (χ2v) is 8.01. The number of carbonyl (C=O) groups is 2. The number of carbonyl (C=O) groups excluding carboxylic acids is 2. The lowest BCUT2D eigenvalue weighted by Crippen LogP contribution is -2.51. The maximum atomic E-state index is 13.2. The van der Waals surface area contributed by atoms with Crippen molar-refractivity contribution in [2.45, 2.75) is 45.8 Å². The Morgan fingerprint density at radius 3 is 2.06 bits per heavy atom. The van der Waals surface area contributed by atoms with Crippen LogP contribution in [0.3, 0.4) is 0 Å². The molecule has 0 aliphatic heterocycles. The standard InChI is InChI=1S/C24H31ClN2O5/c1-6-22(24(29)26-16(2)3)27(14-17-7-9-18(25)10-8-17)23(28)15-32-21-12-19(30-4)11-20(13-21)31-5/h7-13,16,22H,6,14-15H2,1-5H3,(H,26,29)/t22-/m1/s1. The Morgan fingerprint density at radius 1 is 1.00 bits per heavy atom. The normalized spacial score (nSPS) is 11.6. The van der Waals surface area contributed by atoms with Crippen molar-refractivity contribution in [2.24, 2.45) is 0 Å². The number of nitrogens with one attached hydrogen (secondary N) is 1. The van der Waals surface area contributed by atoms with E-state index in [0.717, 1.165) is 5.56 Å². The van der Waals surface area contributed by atoms with Gasteiger partial charge in [-0.05, 0) is 38.0 Å². The summed E-state index contributed by atoms with van der Waals surface area (Å²) in [6.07, 6.45) is 0.463. The van der Waals surface area contributed by atoms with Crippen molar-refractivity contribution in [1.82, 2.24) is 10.2 Å². The Hall–Kier alpha value is -2.93. The molecule has 2 aromatic carbocycles. The monoisotopic (exact) mass is 462 g/mol. The van der Waals surface area contributed by atoms with Crippen molar-refractivity contribution in [1.29, 1.82) is 0 Å². The number of rotatable bonds is 11. The second-order valence-electron chi connectivity index (χ2n) is 7.57. The third-order valence-corrected chi connectivity index (χ3v) is 5.02. The molecule has 2 aromatic rings. The average Bonchev–Trinajstić information content (AvgIpc) is 2.77. The van der Waals surface area contributed by atoms with E-state index in [2.05, 4.69) is 5.32 Å². The summed E-state index contributed by atoms with van der Waals surface area (Å²) < 4.78 is 16.2. The van der Waals surface area contributed by atoms with Gasteiger partial charge in [0.1, 0.15) is 23.3 Å². The molecule has 2 rings (SSSR count). The van der Waals surface area contributed by atoms with E-state index in [4.69, 9.17) is 25.8 Å². The molecule has 8 heteroatoms. The molecule has 0 bridgehead atoms. The number of ether oxygens (including phenoxy) is 3. The molecule has 0 aliphatic carbocycles. The minimum absolute atomic E-state index is 0.0375. The zero-order valence-electron chi connectivity index (χ0n) is 19.2. The summed E-state index contributed by atoms with van der Waals surface area (Å²) in [6.45, 7) is 5.66. The first kappa shape index (κ1) is 25.3. The van der Waals surface area contributed by atoms with Crippen LogP contribution in [0.5, 0.6) is 17.2 Å². The SMILES string of the molecule is CC[C@H](C(=O)NC(C)C)N(Cc1ccc(Cl)cc1)C(=O)COc1cc(OC)cc(OC)c1. The summed E-state index contributed by atoms with van der Waals surface area (Å²) in [4.78, 5) is 27.6. The summed E-state index contributed by atoms with van der Waals surface area (Å²) in [7, 11) is 3.08. The highest BCUT2D eigenvalue weighted by Crippen LogP contribution is 2.27. The summed E-state index contributed by atoms with van der Waals surface area (Å²) in [5.41, 5.74) is 0.863. The van der Waals surface area contributed by atoms with Gasteiger partial charge in [0.05, 0.1) is 14.2 Å². The zero-order chi connectivity index (χ0) is 23.7. The van der Waals surface area contributed by atoms with Gasteiger partial charge in [0, 0.05) is 35.8 Å². The molecule has 0 unspecified atom stereocenters. The first-order valence-corrected chi connectivity index (χ1v) is 10.8. The van der Waals surface area contributed by atoms with Gasteiger partial charge in [0.2, 0.25) is 5.91 Å². The Bertz CT molecular complexity index is 880. The average molecular weight is 463 g/mol. The van der Waals surface area contributed by atoms with Crippen LogP contribution >= 0.6 is 11.6 Å². The number of amides is 2. The molecule has 0 radical (unpaired) electrons. The first-order chi connectivity index (χ1) is 15.3. The third-order valence-electron chi connectivity index (χ3n) is 4.77. The molecular weight excluding hydrogens is 432 g/mol. The van der Waals surface area contributed by atoms with Crippen LogP contribution in [-0.2, 0) is 16.1 Å². The van der Waals surface area contributed by atoms with E-state index in [1.807, 2.05) is 32.9 Å². The molecular formula is C24H31ClN2O5. The number of hydrogen-bond acceptors (Lipinski definition) is 5. The second kappa shape index (κ2) is 12.2. The molecule has 1 atom stereocenters. The Balaban J connectivity index is 2.24. The lowest BCUT2D eigenvalue weighted by Gasteiger charge is -2.31. The minimum atomic E-state index is -0.635. The Morgan fingerprint density at radius 2 is 1.56 bits per heavy atom. The van der Waals surface area contributed by atoms with Crippen LogP contribution in [0, 0.1) is 0 Å². The van der Waals surface area contributed by atoms with Crippen LogP contribution in [-0.4, -0.2) is 49.6 Å². The molecule has 32 heavy (non-hydrogen) atoms. The van der Waals surface area contributed by atoms with Crippen LogP contribution in [0.4, 0.5) is 0 Å². The summed E-state index contributed by atoms with van der Waals surface area (Å²) >= 11 is 5.99. The van der Waals surface area contributed by atoms with Crippen LogP contribution in [0.15, 0.2) is 42.5 Å². The molecule has 0 aromatic heterocycles. The van der Waals surface area contributed by atoms with Gasteiger partial charge in [0.25, 0.3) is 5.91 Å². The number of nitrogens with zero attached hydrogens (tertiary/aromatic N) is 1. The van der Waals surface area contributed by atoms with E-state index in [-0.39, 0.29) is 31.0 Å². The minimum Gasteiger partial charge on any atom is -0.496 e. The molecule has 0 aliphatic rings. The van der Waals surface area contributed by atoms with E-state index in [1.54, 1.807) is 35.2 Å². The lowest BCUT2D eigenvalue weighted by atomic mass is 10.1. The highest BCUT2D eigenvalue weighted by atomic mass is 35.5. The maximum Gasteiger partial charge on any atom is 0.261 e. The fourth-order valence-electron chi connectivity index (χ4n) is 3.18. The largest absolute Gasteiger partial charge is 0.496 e. The molecule has 0 saturated heterocycles. The highest BCUT2D eigenvalue weighted by Gasteiger charge is 2.29. The van der Waals surface area contributed by atoms with Gasteiger partial charge in [0.15, 0.2) is 6.61 Å². The van der Waals surface area contributed by atoms with Gasteiger partial charge < -0.3 is 24.4 Å². The molecule has 0 saturated carbocycles. The molecule has 7 nitrogen and oxygen atoms in total. The lowest BCUT2D eigenvalue weighted by molar-refractivity contribution is -0.143. The van der Waals surface area contributed by atoms with Crippen molar-refractivity contribution >= 4 is 23.4 Å². The van der Waals surface area contributed by atoms with Crippen molar-refractivity contribution in [3.05, 3.63) is 53.1 Å². The van der Waals surface area contributed by atoms with Gasteiger partial charge in [-0.15, -0.1) is 0 Å². The summed E-state index contributed by atoms with van der Waals surface area (Å²) in [5.74, 6) is 1.01. The highest BCUT2D eigenvalue weighted by molar-refractivity contribution is 6.30. The van der Waals surface area contributed by atoms with Crippen LogP contribution in [0.25, 0.3) is 0 Å². The fraction of sp³-hybridized carbons (Fsp3) is 0.417. The maximum absolute atomic E-state index is 13.2. The number of methoxy groups -OCH3 is 2. The van der Waals surface area contributed by atoms with E-state index in [0.29, 0.717) is 28.7 Å². The smallest absolute Gasteiger partial charge is 0.261 e. The topological polar surface area (TPSA) is 77.1 Å². The van der Waals surface area contributed by atoms with Crippen LogP contribution < -0.4 is 19.5 Å². The number of hydrogen-bond donors (Lipinski definition) is 1. The van der Waals surface area contributed by atoms with Crippen molar-refractivity contribution in [3.8, 4) is 17.2 Å². The number of halogens is 1. The van der Waals surface area contributed by atoms with Gasteiger partial charge in [-0.2, -0.15) is 0 Å². The van der Waals surface area contributed by atoms with Crippen LogP contribution in [0.1, 0.15) is 32.8 Å². The van der Waals surface area contributed by atoms with Crippen molar-refractivity contribution in [2.75, 3.05) is 20.8 Å². The third kappa shape index (κ3) is 7.34. The molecule has 1 N–H and O–H groups in total. The van der Waals surface area contributed by atoms with E-state index in [1.165, 1.54) is 14.2 Å². The van der Waals surface area contributed by atoms with Gasteiger partial charge in [-0.1, -0.05) is 30.7 Å². The molecule has 2 amide bonds. The Kier molecular flexibility index (Phi) is 9.65. The molecule has 174 valence electrons. The molecule has 0 fully saturated rings. The zero-order valence-corrected chi connectivity index (χ0v) is 19.9. The number of benzene rings is 2. The van der Waals surface area contributed by atoms with Gasteiger partial charge in [-0.3, -0.25) is 9.59 Å². The van der Waals surface area contributed by atoms with Crippen molar-refractivity contribution < 1.29 is 23.8 Å². The van der Waals surface area contributed by atoms with E-state index >= 15 is 0 Å². The molecule has 0 heterocycles. The van der Waals surface area contributed by atoms with Crippen LogP contribution in [0.2, 0.25) is 5.02 Å². The fourth-order valence-corrected chi connectivity index (χ4v) is 3.31. The van der Waals surface area contributed by atoms with Gasteiger partial charge >= 0.3 is 0 Å².